The van der Waals surface area contributed by atoms with Crippen molar-refractivity contribution in [2.75, 3.05) is 6.61 Å². The van der Waals surface area contributed by atoms with E-state index < -0.39 is 0 Å². The highest BCUT2D eigenvalue weighted by Crippen LogP contribution is 2.10. The Kier molecular flexibility index (Phi) is 29.7. The van der Waals surface area contributed by atoms with Gasteiger partial charge in [0.1, 0.15) is 0 Å². The molecule has 0 aliphatic rings. The van der Waals surface area contributed by atoms with Gasteiger partial charge in [-0.15, -0.1) is 10.6 Å². The van der Waals surface area contributed by atoms with E-state index in [0.717, 1.165) is 28.1 Å². The zero-order valence-electron chi connectivity index (χ0n) is 16.0. The van der Waals surface area contributed by atoms with E-state index in [4.69, 9.17) is 5.11 Å². The summed E-state index contributed by atoms with van der Waals surface area (Å²) < 4.78 is 0. The lowest BCUT2D eigenvalue weighted by molar-refractivity contribution is 0.287. The number of aliphatic hydroxyl groups excluding tert-OH is 1. The molecule has 0 spiro atoms. The van der Waals surface area contributed by atoms with Crippen LogP contribution in [-0.2, 0) is 0 Å². The van der Waals surface area contributed by atoms with Gasteiger partial charge >= 0.3 is 0 Å². The Labute approximate surface area is 148 Å². The number of hydrogen-bond acceptors (Lipinski definition) is 1. The second-order valence-corrected chi connectivity index (χ2v) is 8.21. The highest BCUT2D eigenvalue weighted by Gasteiger charge is 1.95. The van der Waals surface area contributed by atoms with Crippen molar-refractivity contribution in [3.8, 4) is 0 Å². The highest BCUT2D eigenvalue weighted by atomic mass is 27.1. The number of unbranched alkanes of at least 4 members (excludes halogenated alkanes) is 11. The minimum absolute atomic E-state index is 0.344. The lowest BCUT2D eigenvalue weighted by Crippen LogP contribution is -1.90. The Morgan fingerprint density at radius 3 is 1.18 bits per heavy atom. The molecule has 0 fully saturated rings. The maximum atomic E-state index is 8.07. The first-order valence-electron chi connectivity index (χ1n) is 10.3. The van der Waals surface area contributed by atoms with Gasteiger partial charge in [-0.1, -0.05) is 104 Å². The average Bonchev–Trinajstić information content (AvgIpc) is 2.53. The van der Waals surface area contributed by atoms with Gasteiger partial charge in [0.25, 0.3) is 0 Å². The van der Waals surface area contributed by atoms with Crippen LogP contribution in [0.1, 0.15) is 111 Å². The standard InChI is InChI=1S/2C8H17.C4H10O.Al/c2*1-3-5-7-8-6-4-2;1-2-3-4-5;/h2*1,3-8H2,2H3;5H,2-4H2,1H3;. The predicted molar refractivity (Wildman–Crippen MR) is 104 cm³/mol. The van der Waals surface area contributed by atoms with Crippen molar-refractivity contribution < 1.29 is 5.11 Å². The number of hydrogen-bond donors (Lipinski definition) is 1. The van der Waals surface area contributed by atoms with Gasteiger partial charge in [-0.05, 0) is 6.42 Å². The third-order valence-electron chi connectivity index (χ3n) is 4.04. The molecule has 1 nitrogen and oxygen atoms in total. The molecule has 0 amide bonds. The van der Waals surface area contributed by atoms with Crippen LogP contribution in [-0.4, -0.2) is 26.9 Å². The van der Waals surface area contributed by atoms with Crippen LogP contribution >= 0.6 is 0 Å². The molecule has 0 unspecified atom stereocenters. The molecule has 1 N–H and O–H groups in total. The molecule has 0 atom stereocenters. The topological polar surface area (TPSA) is 20.2 Å². The number of rotatable bonds is 16. The van der Waals surface area contributed by atoms with Gasteiger partial charge in [-0.2, -0.15) is 0 Å². The molecule has 2 heteroatoms. The summed E-state index contributed by atoms with van der Waals surface area (Å²) in [7, 11) is 0. The quantitative estimate of drug-likeness (QED) is 0.238. The van der Waals surface area contributed by atoms with Gasteiger partial charge in [0.05, 0.1) is 0 Å². The zero-order valence-corrected chi connectivity index (χ0v) is 17.2. The molecule has 1 radical (unpaired) electrons. The average molecular weight is 328 g/mol. The summed E-state index contributed by atoms with van der Waals surface area (Å²) in [5.41, 5.74) is 0. The Bertz CT molecular complexity index is 146. The minimum Gasteiger partial charge on any atom is -0.396 e. The lowest BCUT2D eigenvalue weighted by atomic mass is 10.1. The summed E-state index contributed by atoms with van der Waals surface area (Å²) in [4.78, 5) is 0. The van der Waals surface area contributed by atoms with E-state index in [1.165, 1.54) is 77.0 Å². The summed E-state index contributed by atoms with van der Waals surface area (Å²) >= 11 is 0.794. The fourth-order valence-electron chi connectivity index (χ4n) is 2.44. The molecule has 0 rings (SSSR count). The van der Waals surface area contributed by atoms with Crippen LogP contribution in [0, 0.1) is 0 Å². The summed E-state index contributed by atoms with van der Waals surface area (Å²) in [6, 6.07) is 0. The van der Waals surface area contributed by atoms with Crippen molar-refractivity contribution in [3.05, 3.63) is 0 Å². The Morgan fingerprint density at radius 1 is 0.500 bits per heavy atom. The summed E-state index contributed by atoms with van der Waals surface area (Å²) in [6.45, 7) is 6.99. The lowest BCUT2D eigenvalue weighted by Gasteiger charge is -2.01. The molecule has 0 aromatic heterocycles. The third-order valence-corrected chi connectivity index (χ3v) is 5.67. The molecule has 0 aliphatic heterocycles. The van der Waals surface area contributed by atoms with Crippen LogP contribution in [0.5, 0.6) is 0 Å². The molecule has 0 aromatic rings. The maximum absolute atomic E-state index is 8.07. The summed E-state index contributed by atoms with van der Waals surface area (Å²) in [6.07, 6.45) is 19.7. The molecule has 0 saturated carbocycles. The van der Waals surface area contributed by atoms with E-state index in [1.54, 1.807) is 10.6 Å². The molecule has 0 saturated heterocycles. The minimum atomic E-state index is 0.344. The van der Waals surface area contributed by atoms with Crippen molar-refractivity contribution in [3.63, 3.8) is 0 Å². The highest BCUT2D eigenvalue weighted by molar-refractivity contribution is 6.35. The van der Waals surface area contributed by atoms with Crippen molar-refractivity contribution in [1.82, 2.24) is 0 Å². The van der Waals surface area contributed by atoms with E-state index in [9.17, 15) is 0 Å². The van der Waals surface area contributed by atoms with Crippen LogP contribution in [0.3, 0.4) is 0 Å². The summed E-state index contributed by atoms with van der Waals surface area (Å²) in [5.74, 6) is 0. The molecule has 0 heterocycles. The van der Waals surface area contributed by atoms with Crippen LogP contribution in [0.2, 0.25) is 10.6 Å². The molecular formula is C20H44AlO. The molecule has 133 valence electrons. The van der Waals surface area contributed by atoms with Gasteiger partial charge in [0.15, 0.2) is 15.2 Å². The van der Waals surface area contributed by atoms with Gasteiger partial charge in [-0.3, -0.25) is 0 Å². The molecular weight excluding hydrogens is 283 g/mol. The predicted octanol–water partition coefficient (Wildman–Crippen LogP) is 7.03. The SMILES string of the molecule is CCCCCCC[CH2][Al][CH2]CCCCCCC.CCCCO. The molecule has 0 bridgehead atoms. The molecule has 0 aliphatic carbocycles. The van der Waals surface area contributed by atoms with Gasteiger partial charge in [-0.25, -0.2) is 0 Å². The first kappa shape index (κ1) is 24.7. The van der Waals surface area contributed by atoms with E-state index >= 15 is 0 Å². The van der Waals surface area contributed by atoms with Crippen molar-refractivity contribution >= 4 is 15.2 Å². The number of aliphatic hydroxyl groups is 1. The van der Waals surface area contributed by atoms with Crippen molar-refractivity contribution in [1.29, 1.82) is 0 Å². The first-order valence-corrected chi connectivity index (χ1v) is 11.9. The van der Waals surface area contributed by atoms with Gasteiger partial charge in [0.2, 0.25) is 0 Å². The monoisotopic (exact) mass is 327 g/mol. The Balaban J connectivity index is 0. The second kappa shape index (κ2) is 26.4. The van der Waals surface area contributed by atoms with E-state index in [1.807, 2.05) is 0 Å². The van der Waals surface area contributed by atoms with E-state index in [0.29, 0.717) is 6.61 Å². The third kappa shape index (κ3) is 28.6. The van der Waals surface area contributed by atoms with Crippen molar-refractivity contribution in [2.24, 2.45) is 0 Å². The molecule has 0 aromatic carbocycles. The van der Waals surface area contributed by atoms with Gasteiger partial charge < -0.3 is 5.11 Å². The fraction of sp³-hybridized carbons (Fsp3) is 1.00. The normalized spacial score (nSPS) is 10.2. The van der Waals surface area contributed by atoms with Crippen LogP contribution in [0.15, 0.2) is 0 Å². The largest absolute Gasteiger partial charge is 0.396 e. The Hall–Kier alpha value is 0.492. The zero-order chi connectivity index (χ0) is 16.7. The first-order chi connectivity index (χ1) is 10.8. The molecule has 22 heavy (non-hydrogen) atoms. The second-order valence-electron chi connectivity index (χ2n) is 6.48. The van der Waals surface area contributed by atoms with E-state index in [2.05, 4.69) is 20.8 Å². The van der Waals surface area contributed by atoms with Crippen LogP contribution in [0.25, 0.3) is 0 Å². The maximum Gasteiger partial charge on any atom is 0.199 e. The van der Waals surface area contributed by atoms with Crippen LogP contribution in [0.4, 0.5) is 0 Å². The Morgan fingerprint density at radius 2 is 0.864 bits per heavy atom. The van der Waals surface area contributed by atoms with Gasteiger partial charge in [0, 0.05) is 6.61 Å². The fourth-order valence-corrected chi connectivity index (χ4v) is 3.88. The van der Waals surface area contributed by atoms with Crippen molar-refractivity contribution in [2.45, 2.75) is 121 Å². The van der Waals surface area contributed by atoms with Crippen LogP contribution < -0.4 is 0 Å². The smallest absolute Gasteiger partial charge is 0.199 e. The summed E-state index contributed by atoms with van der Waals surface area (Å²) in [5, 5.41) is 11.2. The van der Waals surface area contributed by atoms with E-state index in [-0.39, 0.29) is 0 Å².